The number of hydrogen-bond donors (Lipinski definition) is 0. The minimum absolute atomic E-state index is 0.0244. The summed E-state index contributed by atoms with van der Waals surface area (Å²) >= 11 is 0. The highest BCUT2D eigenvalue weighted by molar-refractivity contribution is 5.44. The van der Waals surface area contributed by atoms with E-state index >= 15 is 0 Å². The summed E-state index contributed by atoms with van der Waals surface area (Å²) in [5.74, 6) is 0.957. The fourth-order valence-corrected chi connectivity index (χ4v) is 4.05. The first-order valence-electron chi connectivity index (χ1n) is 8.58. The minimum atomic E-state index is -4.30. The second-order valence-corrected chi connectivity index (χ2v) is 7.00. The average Bonchev–Trinajstić information content (AvgIpc) is 2.96. The fourth-order valence-electron chi connectivity index (χ4n) is 4.05. The molecule has 0 bridgehead atoms. The van der Waals surface area contributed by atoms with Gasteiger partial charge in [0, 0.05) is 17.5 Å². The molecular formula is C20H20F3NO. The minimum Gasteiger partial charge on any atom is -0.492 e. The van der Waals surface area contributed by atoms with Gasteiger partial charge >= 0.3 is 6.18 Å². The molecule has 2 aliphatic rings. The van der Waals surface area contributed by atoms with E-state index in [1.54, 1.807) is 12.1 Å². The molecule has 5 heteroatoms. The number of para-hydroxylation sites is 1. The van der Waals surface area contributed by atoms with Crippen molar-refractivity contribution in [1.82, 2.24) is 4.90 Å². The molecule has 2 nitrogen and oxygen atoms in total. The van der Waals surface area contributed by atoms with Crippen molar-refractivity contribution in [2.45, 2.75) is 31.0 Å². The van der Waals surface area contributed by atoms with Crippen LogP contribution in [-0.2, 0) is 18.1 Å². The maximum Gasteiger partial charge on any atom is 0.416 e. The Morgan fingerprint density at radius 3 is 2.40 bits per heavy atom. The molecular weight excluding hydrogens is 327 g/mol. The Bertz CT molecular complexity index is 764. The lowest BCUT2D eigenvalue weighted by Gasteiger charge is -2.38. The Morgan fingerprint density at radius 1 is 0.960 bits per heavy atom. The van der Waals surface area contributed by atoms with Gasteiger partial charge in [0.15, 0.2) is 0 Å². The number of fused-ring (bicyclic) bond motifs is 2. The molecule has 0 aliphatic carbocycles. The molecule has 0 amide bonds. The molecule has 1 spiro atoms. The van der Waals surface area contributed by atoms with Gasteiger partial charge in [0.1, 0.15) is 5.75 Å². The van der Waals surface area contributed by atoms with Crippen molar-refractivity contribution < 1.29 is 17.9 Å². The Balaban J connectivity index is 1.48. The molecule has 4 rings (SSSR count). The lowest BCUT2D eigenvalue weighted by Crippen LogP contribution is -2.43. The van der Waals surface area contributed by atoms with Gasteiger partial charge in [0.25, 0.3) is 0 Å². The number of nitrogens with zero attached hydrogens (tertiary/aromatic N) is 1. The normalized spacial score (nSPS) is 19.6. The van der Waals surface area contributed by atoms with Crippen molar-refractivity contribution in [3.8, 4) is 5.75 Å². The molecule has 132 valence electrons. The third-order valence-corrected chi connectivity index (χ3v) is 5.49. The monoisotopic (exact) mass is 347 g/mol. The van der Waals surface area contributed by atoms with Gasteiger partial charge in [-0.25, -0.2) is 0 Å². The summed E-state index contributed by atoms with van der Waals surface area (Å²) in [5, 5.41) is 0. The van der Waals surface area contributed by atoms with E-state index in [0.717, 1.165) is 31.7 Å². The number of likely N-dealkylation sites (tertiary alicyclic amines) is 1. The number of rotatable bonds is 2. The van der Waals surface area contributed by atoms with Gasteiger partial charge in [0.05, 0.1) is 12.2 Å². The number of hydrogen-bond acceptors (Lipinski definition) is 2. The van der Waals surface area contributed by atoms with Gasteiger partial charge in [-0.1, -0.05) is 36.4 Å². The Labute approximate surface area is 145 Å². The van der Waals surface area contributed by atoms with E-state index in [4.69, 9.17) is 4.74 Å². The molecule has 0 unspecified atom stereocenters. The van der Waals surface area contributed by atoms with Crippen LogP contribution in [0.25, 0.3) is 0 Å². The van der Waals surface area contributed by atoms with E-state index < -0.39 is 11.7 Å². The summed E-state index contributed by atoms with van der Waals surface area (Å²) in [6.07, 6.45) is -2.47. The van der Waals surface area contributed by atoms with Crippen molar-refractivity contribution in [3.05, 3.63) is 65.2 Å². The molecule has 2 aromatic rings. The topological polar surface area (TPSA) is 12.5 Å². The maximum absolute atomic E-state index is 13.2. The lowest BCUT2D eigenvalue weighted by molar-refractivity contribution is -0.138. The van der Waals surface area contributed by atoms with Gasteiger partial charge in [-0.15, -0.1) is 0 Å². The van der Waals surface area contributed by atoms with E-state index in [1.807, 2.05) is 18.2 Å². The fraction of sp³-hybridized carbons (Fsp3) is 0.400. The number of halogens is 3. The van der Waals surface area contributed by atoms with Gasteiger partial charge in [-0.3, -0.25) is 4.90 Å². The summed E-state index contributed by atoms with van der Waals surface area (Å²) in [5.41, 5.74) is 1.11. The highest BCUT2D eigenvalue weighted by Gasteiger charge is 2.43. The lowest BCUT2D eigenvalue weighted by atomic mass is 9.74. The molecule has 0 N–H and O–H groups in total. The van der Waals surface area contributed by atoms with Gasteiger partial charge in [0.2, 0.25) is 0 Å². The SMILES string of the molecule is FC(F)(F)c1ccccc1CN1CCC2(CC1)COc1ccccc12. The van der Waals surface area contributed by atoms with Crippen LogP contribution in [0.1, 0.15) is 29.5 Å². The van der Waals surface area contributed by atoms with Crippen molar-refractivity contribution in [1.29, 1.82) is 0 Å². The predicted octanol–water partition coefficient (Wildman–Crippen LogP) is 4.63. The number of piperidine rings is 1. The van der Waals surface area contributed by atoms with Gasteiger partial charge in [-0.05, 0) is 43.6 Å². The van der Waals surface area contributed by atoms with Crippen LogP contribution in [0.2, 0.25) is 0 Å². The van der Waals surface area contributed by atoms with E-state index in [0.29, 0.717) is 18.7 Å². The molecule has 0 saturated carbocycles. The molecule has 1 fully saturated rings. The zero-order valence-corrected chi connectivity index (χ0v) is 13.9. The standard InChI is InChI=1S/C20H20F3NO/c21-20(22,23)16-6-2-1-5-15(16)13-24-11-9-19(10-12-24)14-25-18-8-4-3-7-17(18)19/h1-8H,9-14H2. The first kappa shape index (κ1) is 16.5. The first-order chi connectivity index (χ1) is 12.0. The summed E-state index contributed by atoms with van der Waals surface area (Å²) in [4.78, 5) is 2.12. The Hall–Kier alpha value is -2.01. The van der Waals surface area contributed by atoms with Crippen LogP contribution in [0, 0.1) is 0 Å². The van der Waals surface area contributed by atoms with Crippen LogP contribution in [0.3, 0.4) is 0 Å². The molecule has 1 saturated heterocycles. The van der Waals surface area contributed by atoms with E-state index in [2.05, 4.69) is 11.0 Å². The van der Waals surface area contributed by atoms with Crippen molar-refractivity contribution in [2.24, 2.45) is 0 Å². The van der Waals surface area contributed by atoms with Crippen molar-refractivity contribution in [3.63, 3.8) is 0 Å². The number of benzene rings is 2. The van der Waals surface area contributed by atoms with Crippen LogP contribution < -0.4 is 4.74 Å². The van der Waals surface area contributed by atoms with E-state index in [9.17, 15) is 13.2 Å². The van der Waals surface area contributed by atoms with Crippen LogP contribution in [0.15, 0.2) is 48.5 Å². The molecule has 0 aromatic heterocycles. The van der Waals surface area contributed by atoms with Gasteiger partial charge < -0.3 is 4.74 Å². The van der Waals surface area contributed by atoms with Gasteiger partial charge in [-0.2, -0.15) is 13.2 Å². The second kappa shape index (κ2) is 6.06. The molecule has 2 heterocycles. The highest BCUT2D eigenvalue weighted by Crippen LogP contribution is 2.45. The third kappa shape index (κ3) is 3.01. The Kier molecular flexibility index (Phi) is 3.99. The molecule has 25 heavy (non-hydrogen) atoms. The van der Waals surface area contributed by atoms with Crippen LogP contribution >= 0.6 is 0 Å². The smallest absolute Gasteiger partial charge is 0.416 e. The highest BCUT2D eigenvalue weighted by atomic mass is 19.4. The zero-order valence-electron chi connectivity index (χ0n) is 13.9. The summed E-state index contributed by atoms with van der Waals surface area (Å²) in [6.45, 7) is 2.58. The molecule has 0 atom stereocenters. The van der Waals surface area contributed by atoms with Crippen LogP contribution in [0.4, 0.5) is 13.2 Å². The second-order valence-electron chi connectivity index (χ2n) is 7.00. The summed E-state index contributed by atoms with van der Waals surface area (Å²) in [7, 11) is 0. The predicted molar refractivity (Wildman–Crippen MR) is 89.6 cm³/mol. The molecule has 0 radical (unpaired) electrons. The van der Waals surface area contributed by atoms with E-state index in [-0.39, 0.29) is 5.41 Å². The first-order valence-corrected chi connectivity index (χ1v) is 8.58. The number of ether oxygens (including phenoxy) is 1. The molecule has 2 aliphatic heterocycles. The zero-order chi connectivity index (χ0) is 17.5. The van der Waals surface area contributed by atoms with Crippen LogP contribution in [0.5, 0.6) is 5.75 Å². The Morgan fingerprint density at radius 2 is 1.64 bits per heavy atom. The maximum atomic E-state index is 13.2. The quantitative estimate of drug-likeness (QED) is 0.785. The number of alkyl halides is 3. The third-order valence-electron chi connectivity index (χ3n) is 5.49. The summed E-state index contributed by atoms with van der Waals surface area (Å²) < 4.78 is 45.4. The molecule has 2 aromatic carbocycles. The summed E-state index contributed by atoms with van der Waals surface area (Å²) in [6, 6.07) is 14.0. The van der Waals surface area contributed by atoms with Crippen LogP contribution in [-0.4, -0.2) is 24.6 Å². The largest absolute Gasteiger partial charge is 0.492 e. The average molecular weight is 347 g/mol. The van der Waals surface area contributed by atoms with Crippen molar-refractivity contribution >= 4 is 0 Å². The van der Waals surface area contributed by atoms with E-state index in [1.165, 1.54) is 17.7 Å². The van der Waals surface area contributed by atoms with Crippen molar-refractivity contribution in [2.75, 3.05) is 19.7 Å².